The summed E-state index contributed by atoms with van der Waals surface area (Å²) in [6.45, 7) is 9.99. The summed E-state index contributed by atoms with van der Waals surface area (Å²) in [5, 5.41) is 3.07. The maximum atomic E-state index is 14.1. The Hall–Kier alpha value is -3.40. The minimum absolute atomic E-state index is 0.0753. The smallest absolute Gasteiger partial charge is 0.197 e. The molecule has 0 amide bonds. The molecule has 196 valence electrons. The molecule has 6 bridgehead atoms. The summed E-state index contributed by atoms with van der Waals surface area (Å²) in [4.78, 5) is 28.2. The Morgan fingerprint density at radius 2 is 0.842 bits per heavy atom. The van der Waals surface area contributed by atoms with Gasteiger partial charge in [0, 0.05) is 34.6 Å². The number of rotatable bonds is 0. The van der Waals surface area contributed by atoms with Gasteiger partial charge in [-0.05, 0) is 87.1 Å². The maximum absolute atomic E-state index is 14.1. The Labute approximate surface area is 223 Å². The lowest BCUT2D eigenvalue weighted by Gasteiger charge is -2.21. The Morgan fingerprint density at radius 3 is 1.24 bits per heavy atom. The van der Waals surface area contributed by atoms with Gasteiger partial charge in [0.25, 0.3) is 0 Å². The van der Waals surface area contributed by atoms with Gasteiger partial charge in [-0.15, -0.1) is 0 Å². The summed E-state index contributed by atoms with van der Waals surface area (Å²) in [7, 11) is 0. The fourth-order valence-electron chi connectivity index (χ4n) is 6.91. The number of benzene rings is 3. The Bertz CT molecular complexity index is 1720. The Balaban J connectivity index is 1.81. The number of hydrogen-bond acceptors (Lipinski definition) is 2. The summed E-state index contributed by atoms with van der Waals surface area (Å²) >= 11 is 0. The molecule has 4 nitrogen and oxygen atoms in total. The molecular weight excluding hydrogens is 468 g/mol. The van der Waals surface area contributed by atoms with Gasteiger partial charge in [-0.3, -0.25) is 9.59 Å². The molecule has 38 heavy (non-hydrogen) atoms. The van der Waals surface area contributed by atoms with Crippen molar-refractivity contribution in [2.75, 3.05) is 0 Å². The Morgan fingerprint density at radius 1 is 0.474 bits per heavy atom. The third-order valence-corrected chi connectivity index (χ3v) is 8.65. The molecule has 2 aromatic heterocycles. The minimum Gasteiger partial charge on any atom is -0.340 e. The van der Waals surface area contributed by atoms with Crippen LogP contribution >= 0.6 is 0 Å². The van der Waals surface area contributed by atoms with E-state index in [1.807, 2.05) is 12.1 Å². The van der Waals surface area contributed by atoms with Crippen molar-refractivity contribution in [1.29, 1.82) is 0 Å². The molecule has 4 heterocycles. The molecule has 4 heteroatoms. The second-order valence-corrected chi connectivity index (χ2v) is 11.6. The van der Waals surface area contributed by atoms with E-state index >= 15 is 0 Å². The maximum Gasteiger partial charge on any atom is 0.197 e. The average molecular weight is 507 g/mol. The predicted octanol–water partition coefficient (Wildman–Crippen LogP) is 7.99. The molecule has 3 aromatic carbocycles. The zero-order valence-corrected chi connectivity index (χ0v) is 23.2. The quantitative estimate of drug-likeness (QED) is 0.200. The van der Waals surface area contributed by atoms with Gasteiger partial charge in [0.15, 0.2) is 10.9 Å². The van der Waals surface area contributed by atoms with Crippen LogP contribution in [0.1, 0.15) is 73.6 Å². The van der Waals surface area contributed by atoms with Gasteiger partial charge in [0.2, 0.25) is 0 Å². The van der Waals surface area contributed by atoms with E-state index in [0.717, 1.165) is 91.8 Å². The number of aryl methyl sites for hydroxylation is 6. The first kappa shape index (κ1) is 24.9. The van der Waals surface area contributed by atoms with Crippen molar-refractivity contribution in [2.45, 2.75) is 92.2 Å². The third-order valence-electron chi connectivity index (χ3n) is 8.65. The molecule has 0 saturated carbocycles. The van der Waals surface area contributed by atoms with Crippen LogP contribution in [-0.4, -0.2) is 9.13 Å². The van der Waals surface area contributed by atoms with E-state index in [9.17, 15) is 9.59 Å². The van der Waals surface area contributed by atoms with Crippen LogP contribution in [0, 0.1) is 27.7 Å². The van der Waals surface area contributed by atoms with Crippen LogP contribution in [0.4, 0.5) is 0 Å². The van der Waals surface area contributed by atoms with Crippen molar-refractivity contribution in [2.24, 2.45) is 0 Å². The number of aromatic nitrogens is 2. The summed E-state index contributed by atoms with van der Waals surface area (Å²) in [6, 6.07) is 12.6. The number of nitrogens with zero attached hydrogens (tertiary/aromatic N) is 2. The third kappa shape index (κ3) is 4.05. The van der Waals surface area contributed by atoms with Gasteiger partial charge in [0.1, 0.15) is 0 Å². The first-order chi connectivity index (χ1) is 18.3. The fourth-order valence-corrected chi connectivity index (χ4v) is 6.91. The molecule has 0 aliphatic carbocycles. The predicted molar refractivity (Wildman–Crippen MR) is 161 cm³/mol. The number of pyridine rings is 2. The highest BCUT2D eigenvalue weighted by Gasteiger charge is 2.19. The van der Waals surface area contributed by atoms with Crippen molar-refractivity contribution in [3.8, 4) is 0 Å². The van der Waals surface area contributed by atoms with Crippen LogP contribution in [0.5, 0.6) is 0 Å². The SMILES string of the molecule is Cc1cc(C)c2c(=O)c3cc4c5cc3n(c2c1)CCCCCCCCCCn4c1cc(C)cc(C)c1c5=O. The van der Waals surface area contributed by atoms with Gasteiger partial charge >= 0.3 is 0 Å². The van der Waals surface area contributed by atoms with E-state index in [-0.39, 0.29) is 10.9 Å². The fraction of sp³-hybridized carbons (Fsp3) is 0.412. The van der Waals surface area contributed by atoms with Crippen LogP contribution < -0.4 is 10.9 Å². The molecule has 7 rings (SSSR count). The summed E-state index contributed by atoms with van der Waals surface area (Å²) < 4.78 is 4.65. The topological polar surface area (TPSA) is 44.0 Å². The normalized spacial score (nSPS) is 15.6. The largest absolute Gasteiger partial charge is 0.340 e. The Kier molecular flexibility index (Phi) is 6.37. The van der Waals surface area contributed by atoms with Gasteiger partial charge < -0.3 is 9.13 Å². The zero-order valence-electron chi connectivity index (χ0n) is 23.2. The van der Waals surface area contributed by atoms with E-state index in [4.69, 9.17) is 0 Å². The number of hydrogen-bond donors (Lipinski definition) is 0. The standard InChI is InChI=1S/C34H38N2O2/c1-21-15-23(3)31-29(17-21)35-13-11-9-7-5-6-8-10-12-14-36-28-20-25(33(31)37)27(35)19-26(28)34(38)32-24(4)16-22(2)18-30(32)36/h15-20H,5-14H2,1-4H3. The highest BCUT2D eigenvalue weighted by atomic mass is 16.1. The molecule has 0 saturated heterocycles. The van der Waals surface area contributed by atoms with Crippen LogP contribution in [0.3, 0.4) is 0 Å². The molecule has 2 aliphatic heterocycles. The minimum atomic E-state index is 0.0753. The van der Waals surface area contributed by atoms with E-state index < -0.39 is 0 Å². The average Bonchev–Trinajstić information content (AvgIpc) is 2.86. The molecule has 5 aromatic rings. The first-order valence-corrected chi connectivity index (χ1v) is 14.4. The molecule has 0 fully saturated rings. The molecule has 0 spiro atoms. The van der Waals surface area contributed by atoms with Gasteiger partial charge in [-0.25, -0.2) is 0 Å². The van der Waals surface area contributed by atoms with Gasteiger partial charge in [-0.2, -0.15) is 0 Å². The van der Waals surface area contributed by atoms with Crippen LogP contribution in [0.15, 0.2) is 46.0 Å². The van der Waals surface area contributed by atoms with Crippen molar-refractivity contribution >= 4 is 43.6 Å². The molecule has 0 radical (unpaired) electrons. The lowest BCUT2D eigenvalue weighted by atomic mass is 9.98. The molecular formula is C34H38N2O2. The molecule has 2 aliphatic rings. The zero-order chi connectivity index (χ0) is 26.6. The van der Waals surface area contributed by atoms with Crippen molar-refractivity contribution < 1.29 is 0 Å². The monoisotopic (exact) mass is 506 g/mol. The van der Waals surface area contributed by atoms with E-state index in [0.29, 0.717) is 0 Å². The molecule has 0 unspecified atom stereocenters. The van der Waals surface area contributed by atoms with Crippen molar-refractivity contribution in [3.63, 3.8) is 0 Å². The second kappa shape index (κ2) is 9.72. The summed E-state index contributed by atoms with van der Waals surface area (Å²) in [6.07, 6.45) is 9.58. The lowest BCUT2D eigenvalue weighted by Crippen LogP contribution is -2.17. The summed E-state index contributed by atoms with van der Waals surface area (Å²) in [5.41, 5.74) is 8.28. The van der Waals surface area contributed by atoms with Crippen LogP contribution in [0.25, 0.3) is 43.6 Å². The number of fused-ring (bicyclic) bond motifs is 11. The highest BCUT2D eigenvalue weighted by molar-refractivity contribution is 6.04. The first-order valence-electron chi connectivity index (χ1n) is 14.4. The molecule has 0 N–H and O–H groups in total. The van der Waals surface area contributed by atoms with Gasteiger partial charge in [0.05, 0.1) is 22.1 Å². The lowest BCUT2D eigenvalue weighted by molar-refractivity contribution is 0.535. The van der Waals surface area contributed by atoms with Crippen LogP contribution in [0.2, 0.25) is 0 Å². The van der Waals surface area contributed by atoms with Crippen molar-refractivity contribution in [3.05, 3.63) is 79.1 Å². The van der Waals surface area contributed by atoms with Crippen LogP contribution in [-0.2, 0) is 13.1 Å². The van der Waals surface area contributed by atoms with E-state index in [1.165, 1.54) is 38.5 Å². The van der Waals surface area contributed by atoms with E-state index in [2.05, 4.69) is 61.1 Å². The summed E-state index contributed by atoms with van der Waals surface area (Å²) in [5.74, 6) is 0. The van der Waals surface area contributed by atoms with E-state index in [1.54, 1.807) is 0 Å². The molecule has 0 atom stereocenters. The van der Waals surface area contributed by atoms with Gasteiger partial charge in [-0.1, -0.05) is 50.7 Å². The second-order valence-electron chi connectivity index (χ2n) is 11.6. The highest BCUT2D eigenvalue weighted by Crippen LogP contribution is 2.30. The van der Waals surface area contributed by atoms with Crippen molar-refractivity contribution in [1.82, 2.24) is 9.13 Å².